The zero-order valence-electron chi connectivity index (χ0n) is 15.3. The van der Waals surface area contributed by atoms with Gasteiger partial charge in [0.25, 0.3) is 5.91 Å². The third-order valence-electron chi connectivity index (χ3n) is 4.63. The summed E-state index contributed by atoms with van der Waals surface area (Å²) in [5.74, 6) is 0.914. The van der Waals surface area contributed by atoms with Crippen molar-refractivity contribution in [1.29, 1.82) is 0 Å². The summed E-state index contributed by atoms with van der Waals surface area (Å²) in [6.45, 7) is 0. The lowest BCUT2D eigenvalue weighted by Gasteiger charge is -2.10. The Balaban J connectivity index is 1.37. The molecule has 0 aliphatic carbocycles. The maximum atomic E-state index is 12.8. The van der Waals surface area contributed by atoms with Gasteiger partial charge in [-0.1, -0.05) is 35.5 Å². The molecule has 0 unspecified atom stereocenters. The molecule has 0 saturated carbocycles. The fraction of sp³-hybridized carbons (Fsp3) is 0.0455. The number of nitrogens with zero attached hydrogens (tertiary/aromatic N) is 2. The maximum Gasteiger partial charge on any atom is 0.255 e. The van der Waals surface area contributed by atoms with Crippen molar-refractivity contribution in [1.82, 2.24) is 15.1 Å². The molecule has 29 heavy (non-hydrogen) atoms. The predicted octanol–water partition coefficient (Wildman–Crippen LogP) is 5.12. The molecule has 0 fully saturated rings. The first-order chi connectivity index (χ1) is 14.3. The highest BCUT2D eigenvalue weighted by atomic mass is 32.1. The molecule has 1 amide bonds. The summed E-state index contributed by atoms with van der Waals surface area (Å²) in [6.07, 6.45) is 2.29. The van der Waals surface area contributed by atoms with Gasteiger partial charge >= 0.3 is 0 Å². The van der Waals surface area contributed by atoms with Gasteiger partial charge in [-0.25, -0.2) is 0 Å². The molecule has 5 aromatic rings. The van der Waals surface area contributed by atoms with Crippen molar-refractivity contribution in [2.24, 2.45) is 0 Å². The summed E-state index contributed by atoms with van der Waals surface area (Å²) in [4.78, 5) is 21.3. The molecule has 0 aliphatic heterocycles. The van der Waals surface area contributed by atoms with Crippen LogP contribution in [0.4, 0.5) is 5.69 Å². The van der Waals surface area contributed by atoms with Crippen LogP contribution in [-0.4, -0.2) is 21.0 Å². The summed E-state index contributed by atoms with van der Waals surface area (Å²) in [6, 6.07) is 19.1. The maximum absolute atomic E-state index is 12.8. The van der Waals surface area contributed by atoms with E-state index in [0.29, 0.717) is 23.7 Å². The van der Waals surface area contributed by atoms with Crippen LogP contribution in [0.15, 0.2) is 76.8 Å². The van der Waals surface area contributed by atoms with Crippen molar-refractivity contribution >= 4 is 33.8 Å². The normalized spacial score (nSPS) is 11.0. The van der Waals surface area contributed by atoms with Crippen LogP contribution in [0.25, 0.3) is 21.6 Å². The Morgan fingerprint density at radius 2 is 2.03 bits per heavy atom. The number of nitrogens with one attached hydrogen (secondary N) is 2. The number of para-hydroxylation sites is 1. The standard InChI is InChI=1S/C22H16N4O2S/c27-22(16-8-7-14-9-10-23-18(14)12-16)24-17-5-2-1-4-15(17)13-20-25-21(26-28-20)19-6-3-11-29-19/h1-12,23H,13H2,(H,24,27). The second-order valence-electron chi connectivity index (χ2n) is 6.56. The van der Waals surface area contributed by atoms with Gasteiger partial charge in [0.15, 0.2) is 0 Å². The molecule has 3 aromatic heterocycles. The van der Waals surface area contributed by atoms with E-state index in [4.69, 9.17) is 4.52 Å². The number of benzene rings is 2. The van der Waals surface area contributed by atoms with Crippen molar-refractivity contribution in [3.8, 4) is 10.7 Å². The number of carbonyl (C=O) groups excluding carboxylic acids is 1. The minimum absolute atomic E-state index is 0.168. The number of amides is 1. The molecule has 0 saturated heterocycles. The molecule has 0 aliphatic rings. The monoisotopic (exact) mass is 400 g/mol. The summed E-state index contributed by atoms with van der Waals surface area (Å²) in [5, 5.41) is 10.1. The average molecular weight is 400 g/mol. The van der Waals surface area contributed by atoms with Crippen LogP contribution >= 0.6 is 11.3 Å². The number of hydrogen-bond donors (Lipinski definition) is 2. The molecule has 142 valence electrons. The van der Waals surface area contributed by atoms with Gasteiger partial charge in [-0.3, -0.25) is 4.79 Å². The third-order valence-corrected chi connectivity index (χ3v) is 5.50. The van der Waals surface area contributed by atoms with E-state index in [0.717, 1.165) is 27.0 Å². The largest absolute Gasteiger partial charge is 0.361 e. The van der Waals surface area contributed by atoms with Crippen molar-refractivity contribution in [3.05, 3.63) is 89.3 Å². The summed E-state index contributed by atoms with van der Waals surface area (Å²) >= 11 is 1.56. The molecule has 0 spiro atoms. The van der Waals surface area contributed by atoms with Crippen LogP contribution in [-0.2, 0) is 6.42 Å². The molecule has 6 nitrogen and oxygen atoms in total. The van der Waals surface area contributed by atoms with E-state index in [-0.39, 0.29) is 5.91 Å². The molecule has 3 heterocycles. The summed E-state index contributed by atoms with van der Waals surface area (Å²) in [7, 11) is 0. The van der Waals surface area contributed by atoms with Crippen molar-refractivity contribution < 1.29 is 9.32 Å². The molecule has 2 aromatic carbocycles. The number of anilines is 1. The Labute approximate surface area is 170 Å². The number of fused-ring (bicyclic) bond motifs is 1. The third kappa shape index (κ3) is 3.55. The topological polar surface area (TPSA) is 83.8 Å². The molecule has 0 atom stereocenters. The highest BCUT2D eigenvalue weighted by Crippen LogP contribution is 2.24. The Morgan fingerprint density at radius 1 is 1.10 bits per heavy atom. The summed E-state index contributed by atoms with van der Waals surface area (Å²) < 4.78 is 5.41. The van der Waals surface area contributed by atoms with Crippen molar-refractivity contribution in [2.45, 2.75) is 6.42 Å². The second kappa shape index (κ2) is 7.37. The number of rotatable bonds is 5. The first kappa shape index (κ1) is 17.4. The number of H-pyrrole nitrogens is 1. The first-order valence-corrected chi connectivity index (χ1v) is 9.97. The van der Waals surface area contributed by atoms with E-state index < -0.39 is 0 Å². The molecular formula is C22H16N4O2S. The van der Waals surface area contributed by atoms with Crippen LogP contribution in [0.3, 0.4) is 0 Å². The average Bonchev–Trinajstić information content (AvgIpc) is 3.50. The molecule has 7 heteroatoms. The molecule has 0 radical (unpaired) electrons. The number of hydrogen-bond acceptors (Lipinski definition) is 5. The van der Waals surface area contributed by atoms with E-state index in [2.05, 4.69) is 20.4 Å². The molecular weight excluding hydrogens is 384 g/mol. The molecule has 2 N–H and O–H groups in total. The van der Waals surface area contributed by atoms with E-state index in [9.17, 15) is 4.79 Å². The highest BCUT2D eigenvalue weighted by molar-refractivity contribution is 7.13. The van der Waals surface area contributed by atoms with E-state index >= 15 is 0 Å². The Hall–Kier alpha value is -3.71. The van der Waals surface area contributed by atoms with Gasteiger partial charge < -0.3 is 14.8 Å². The zero-order valence-corrected chi connectivity index (χ0v) is 16.1. The number of aromatic amines is 1. The van der Waals surface area contributed by atoms with Gasteiger partial charge in [0.1, 0.15) is 0 Å². The van der Waals surface area contributed by atoms with Crippen LogP contribution in [0.5, 0.6) is 0 Å². The van der Waals surface area contributed by atoms with Gasteiger partial charge in [0.2, 0.25) is 11.7 Å². The zero-order chi connectivity index (χ0) is 19.6. The summed E-state index contributed by atoms with van der Waals surface area (Å²) in [5.41, 5.74) is 3.15. The SMILES string of the molecule is O=C(Nc1ccccc1Cc1nc(-c2cccs2)no1)c1ccc2cc[nH]c2c1. The van der Waals surface area contributed by atoms with E-state index in [1.807, 2.05) is 72.2 Å². The van der Waals surface area contributed by atoms with Crippen molar-refractivity contribution in [3.63, 3.8) is 0 Å². The molecule has 0 bridgehead atoms. The fourth-order valence-electron chi connectivity index (χ4n) is 3.18. The fourth-order valence-corrected chi connectivity index (χ4v) is 3.82. The van der Waals surface area contributed by atoms with Gasteiger partial charge in [0.05, 0.1) is 11.3 Å². The van der Waals surface area contributed by atoms with Gasteiger partial charge in [-0.05, 0) is 46.7 Å². The first-order valence-electron chi connectivity index (χ1n) is 9.09. The number of carbonyl (C=O) groups is 1. The Bertz CT molecular complexity index is 1290. The lowest BCUT2D eigenvalue weighted by molar-refractivity contribution is 0.102. The lowest BCUT2D eigenvalue weighted by atomic mass is 10.1. The highest BCUT2D eigenvalue weighted by Gasteiger charge is 2.14. The molecule has 5 rings (SSSR count). The Kier molecular flexibility index (Phi) is 4.42. The minimum Gasteiger partial charge on any atom is -0.361 e. The van der Waals surface area contributed by atoms with Crippen molar-refractivity contribution in [2.75, 3.05) is 5.32 Å². The van der Waals surface area contributed by atoms with E-state index in [1.54, 1.807) is 11.3 Å². The predicted molar refractivity (Wildman–Crippen MR) is 113 cm³/mol. The smallest absolute Gasteiger partial charge is 0.255 e. The van der Waals surface area contributed by atoms with Crippen LogP contribution in [0, 0.1) is 0 Å². The quantitative estimate of drug-likeness (QED) is 0.429. The van der Waals surface area contributed by atoms with Gasteiger partial charge in [-0.15, -0.1) is 11.3 Å². The van der Waals surface area contributed by atoms with E-state index in [1.165, 1.54) is 0 Å². The van der Waals surface area contributed by atoms with Gasteiger partial charge in [0, 0.05) is 23.0 Å². The lowest BCUT2D eigenvalue weighted by Crippen LogP contribution is -2.13. The van der Waals surface area contributed by atoms with Crippen LogP contribution < -0.4 is 5.32 Å². The van der Waals surface area contributed by atoms with Crippen LogP contribution in [0.2, 0.25) is 0 Å². The second-order valence-corrected chi connectivity index (χ2v) is 7.50. The number of thiophene rings is 1. The minimum atomic E-state index is -0.168. The van der Waals surface area contributed by atoms with Gasteiger partial charge in [-0.2, -0.15) is 4.98 Å². The number of aromatic nitrogens is 3. The Morgan fingerprint density at radius 3 is 2.93 bits per heavy atom. The van der Waals surface area contributed by atoms with Crippen LogP contribution in [0.1, 0.15) is 21.8 Å².